The molecule has 0 aromatic heterocycles. The van der Waals surface area contributed by atoms with Crippen LogP contribution in [0.2, 0.25) is 0 Å². The largest absolute Gasteiger partial charge is 0.317 e. The van der Waals surface area contributed by atoms with Gasteiger partial charge in [-0.15, -0.1) is 0 Å². The number of hydrogen-bond donors (Lipinski definition) is 1. The quantitative estimate of drug-likeness (QED) is 0.796. The van der Waals surface area contributed by atoms with Crippen molar-refractivity contribution in [2.24, 2.45) is 5.92 Å². The van der Waals surface area contributed by atoms with E-state index < -0.39 is 0 Å². The zero-order chi connectivity index (χ0) is 11.7. The molecule has 0 saturated carbocycles. The van der Waals surface area contributed by atoms with Crippen molar-refractivity contribution in [2.45, 2.75) is 25.3 Å². The maximum absolute atomic E-state index is 3.47. The third-order valence-corrected chi connectivity index (χ3v) is 4.41. The highest BCUT2D eigenvalue weighted by atomic mass is 15.1. The summed E-state index contributed by atoms with van der Waals surface area (Å²) in [5.74, 6) is 0.836. The van der Waals surface area contributed by atoms with Gasteiger partial charge in [-0.25, -0.2) is 0 Å². The van der Waals surface area contributed by atoms with Crippen molar-refractivity contribution in [3.8, 4) is 0 Å². The summed E-state index contributed by atoms with van der Waals surface area (Å²) in [6.07, 6.45) is 3.86. The molecule has 0 bridgehead atoms. The van der Waals surface area contributed by atoms with Crippen molar-refractivity contribution in [2.75, 3.05) is 26.7 Å². The second kappa shape index (κ2) is 4.79. The lowest BCUT2D eigenvalue weighted by Gasteiger charge is -2.41. The fraction of sp³-hybridized carbons (Fsp3) is 0.600. The van der Waals surface area contributed by atoms with Crippen LogP contribution in [0.1, 0.15) is 30.0 Å². The van der Waals surface area contributed by atoms with Crippen molar-refractivity contribution in [1.82, 2.24) is 10.2 Å². The van der Waals surface area contributed by atoms with E-state index >= 15 is 0 Å². The Morgan fingerprint density at radius 1 is 1.18 bits per heavy atom. The van der Waals surface area contributed by atoms with Gasteiger partial charge in [0, 0.05) is 12.6 Å². The van der Waals surface area contributed by atoms with Gasteiger partial charge >= 0.3 is 0 Å². The van der Waals surface area contributed by atoms with Gasteiger partial charge in [-0.05, 0) is 56.4 Å². The van der Waals surface area contributed by atoms with Crippen molar-refractivity contribution in [1.29, 1.82) is 0 Å². The van der Waals surface area contributed by atoms with Gasteiger partial charge in [0.15, 0.2) is 0 Å². The van der Waals surface area contributed by atoms with Crippen LogP contribution in [0.5, 0.6) is 0 Å². The zero-order valence-electron chi connectivity index (χ0n) is 10.7. The first-order valence-corrected chi connectivity index (χ1v) is 6.85. The maximum atomic E-state index is 3.47. The molecule has 92 valence electrons. The molecule has 1 aromatic carbocycles. The molecular formula is C15H22N2. The Morgan fingerprint density at radius 2 is 1.94 bits per heavy atom. The molecule has 17 heavy (non-hydrogen) atoms. The minimum atomic E-state index is 0.655. The molecular weight excluding hydrogens is 208 g/mol. The first-order chi connectivity index (χ1) is 8.36. The summed E-state index contributed by atoms with van der Waals surface area (Å²) in [4.78, 5) is 2.57. The molecule has 1 aromatic rings. The van der Waals surface area contributed by atoms with E-state index in [0.29, 0.717) is 6.04 Å². The lowest BCUT2D eigenvalue weighted by atomic mass is 9.81. The summed E-state index contributed by atoms with van der Waals surface area (Å²) in [5.41, 5.74) is 3.17. The number of benzene rings is 1. The lowest BCUT2D eigenvalue weighted by Crippen LogP contribution is -2.40. The Bertz CT molecular complexity index is 382. The van der Waals surface area contributed by atoms with E-state index in [1.54, 1.807) is 11.1 Å². The molecule has 2 aliphatic heterocycles. The second-order valence-electron chi connectivity index (χ2n) is 5.46. The highest BCUT2D eigenvalue weighted by molar-refractivity contribution is 5.33. The molecule has 2 heteroatoms. The van der Waals surface area contributed by atoms with Gasteiger partial charge in [0.25, 0.3) is 0 Å². The third kappa shape index (κ3) is 2.12. The van der Waals surface area contributed by atoms with Crippen LogP contribution in [-0.4, -0.2) is 31.6 Å². The highest BCUT2D eigenvalue weighted by Crippen LogP contribution is 2.37. The number of fused-ring (bicyclic) bond motifs is 1. The van der Waals surface area contributed by atoms with E-state index in [1.807, 2.05) is 0 Å². The summed E-state index contributed by atoms with van der Waals surface area (Å²) in [6, 6.07) is 9.70. The smallest absolute Gasteiger partial charge is 0.0377 e. The number of hydrogen-bond acceptors (Lipinski definition) is 2. The molecule has 2 heterocycles. The van der Waals surface area contributed by atoms with Crippen LogP contribution in [0, 0.1) is 5.92 Å². The van der Waals surface area contributed by atoms with Crippen molar-refractivity contribution < 1.29 is 0 Å². The molecule has 0 radical (unpaired) electrons. The summed E-state index contributed by atoms with van der Waals surface area (Å²) in [7, 11) is 2.29. The Hall–Kier alpha value is -0.860. The number of likely N-dealkylation sites (N-methyl/N-ethyl adjacent to an activating group) is 1. The standard InChI is InChI=1S/C15H22N2/c1-17-11-8-12-4-2-3-5-14(12)15(17)13-6-9-16-10-7-13/h2-5,13,15-16H,6-11H2,1H3/t15-/m1/s1. The molecule has 0 aliphatic carbocycles. The second-order valence-corrected chi connectivity index (χ2v) is 5.46. The van der Waals surface area contributed by atoms with Gasteiger partial charge in [0.05, 0.1) is 0 Å². The molecule has 1 atom stereocenters. The summed E-state index contributed by atoms with van der Waals surface area (Å²) >= 11 is 0. The van der Waals surface area contributed by atoms with Gasteiger partial charge in [-0.2, -0.15) is 0 Å². The van der Waals surface area contributed by atoms with E-state index in [2.05, 4.69) is 41.5 Å². The van der Waals surface area contributed by atoms with E-state index in [1.165, 1.54) is 38.9 Å². The van der Waals surface area contributed by atoms with Gasteiger partial charge in [-0.3, -0.25) is 4.90 Å². The molecule has 2 nitrogen and oxygen atoms in total. The Kier molecular flexibility index (Phi) is 3.17. The van der Waals surface area contributed by atoms with Gasteiger partial charge in [0.1, 0.15) is 0 Å². The van der Waals surface area contributed by atoms with Gasteiger partial charge in [0.2, 0.25) is 0 Å². The maximum Gasteiger partial charge on any atom is 0.0377 e. The normalized spacial score (nSPS) is 26.8. The fourth-order valence-electron chi connectivity index (χ4n) is 3.50. The molecule has 1 fully saturated rings. The van der Waals surface area contributed by atoms with E-state index in [9.17, 15) is 0 Å². The van der Waals surface area contributed by atoms with Crippen LogP contribution in [0.4, 0.5) is 0 Å². The summed E-state index contributed by atoms with van der Waals surface area (Å²) in [5, 5.41) is 3.47. The number of nitrogens with one attached hydrogen (secondary N) is 1. The average molecular weight is 230 g/mol. The molecule has 2 aliphatic rings. The lowest BCUT2D eigenvalue weighted by molar-refractivity contribution is 0.139. The first kappa shape index (κ1) is 11.2. The van der Waals surface area contributed by atoms with Crippen LogP contribution >= 0.6 is 0 Å². The SMILES string of the molecule is CN1CCc2ccccc2[C@H]1C1CCNCC1. The monoisotopic (exact) mass is 230 g/mol. The van der Waals surface area contributed by atoms with Crippen molar-refractivity contribution in [3.63, 3.8) is 0 Å². The predicted molar refractivity (Wildman–Crippen MR) is 71.1 cm³/mol. The minimum absolute atomic E-state index is 0.655. The zero-order valence-corrected chi connectivity index (χ0v) is 10.7. The molecule has 1 N–H and O–H groups in total. The van der Waals surface area contributed by atoms with Crippen LogP contribution in [-0.2, 0) is 6.42 Å². The molecule has 0 unspecified atom stereocenters. The van der Waals surface area contributed by atoms with Crippen molar-refractivity contribution >= 4 is 0 Å². The summed E-state index contributed by atoms with van der Waals surface area (Å²) < 4.78 is 0. The first-order valence-electron chi connectivity index (χ1n) is 6.85. The van der Waals surface area contributed by atoms with Gasteiger partial charge in [-0.1, -0.05) is 24.3 Å². The average Bonchev–Trinajstić information content (AvgIpc) is 2.39. The Balaban J connectivity index is 1.91. The fourth-order valence-corrected chi connectivity index (χ4v) is 3.50. The third-order valence-electron chi connectivity index (χ3n) is 4.41. The summed E-state index contributed by atoms with van der Waals surface area (Å²) in [6.45, 7) is 3.60. The molecule has 1 saturated heterocycles. The van der Waals surface area contributed by atoms with E-state index in [-0.39, 0.29) is 0 Å². The van der Waals surface area contributed by atoms with Crippen molar-refractivity contribution in [3.05, 3.63) is 35.4 Å². The molecule has 3 rings (SSSR count). The Morgan fingerprint density at radius 3 is 2.76 bits per heavy atom. The van der Waals surface area contributed by atoms with Crippen LogP contribution < -0.4 is 5.32 Å². The van der Waals surface area contributed by atoms with Crippen LogP contribution in [0.3, 0.4) is 0 Å². The molecule has 0 spiro atoms. The number of nitrogens with zero attached hydrogens (tertiary/aromatic N) is 1. The minimum Gasteiger partial charge on any atom is -0.317 e. The molecule has 0 amide bonds. The predicted octanol–water partition coefficient (Wildman–Crippen LogP) is 2.22. The Labute approximate surface area is 104 Å². The topological polar surface area (TPSA) is 15.3 Å². The van der Waals surface area contributed by atoms with Gasteiger partial charge < -0.3 is 5.32 Å². The van der Waals surface area contributed by atoms with E-state index in [0.717, 1.165) is 5.92 Å². The van der Waals surface area contributed by atoms with E-state index in [4.69, 9.17) is 0 Å². The highest BCUT2D eigenvalue weighted by Gasteiger charge is 2.31. The van der Waals surface area contributed by atoms with Crippen LogP contribution in [0.25, 0.3) is 0 Å². The van der Waals surface area contributed by atoms with Crippen LogP contribution in [0.15, 0.2) is 24.3 Å². The number of piperidine rings is 1. The number of rotatable bonds is 1.